The lowest BCUT2D eigenvalue weighted by molar-refractivity contribution is 0.109. The van der Waals surface area contributed by atoms with Crippen molar-refractivity contribution in [2.24, 2.45) is 0 Å². The number of hydrogen-bond donors (Lipinski definition) is 1. The highest BCUT2D eigenvalue weighted by molar-refractivity contribution is 5.55. The fourth-order valence-corrected chi connectivity index (χ4v) is 2.44. The average molecular weight is 204 g/mol. The Bertz CT molecular complexity index is 353. The van der Waals surface area contributed by atoms with E-state index in [0.717, 1.165) is 32.8 Å². The minimum atomic E-state index is 0.502. The molecule has 2 aliphatic heterocycles. The zero-order valence-electron chi connectivity index (χ0n) is 8.78. The smallest absolute Gasteiger partial charge is 0.0738 e. The monoisotopic (exact) mass is 204 g/mol. The van der Waals surface area contributed by atoms with E-state index in [1.807, 2.05) is 0 Å². The minimum Gasteiger partial charge on any atom is -0.375 e. The van der Waals surface area contributed by atoms with Crippen molar-refractivity contribution in [2.75, 3.05) is 31.1 Å². The molecule has 0 saturated carbocycles. The van der Waals surface area contributed by atoms with Gasteiger partial charge in [-0.3, -0.25) is 0 Å². The molecule has 1 fully saturated rings. The molecule has 0 spiro atoms. The summed E-state index contributed by atoms with van der Waals surface area (Å²) in [6, 6.07) is 9.08. The number of nitrogens with one attached hydrogen (secondary N) is 1. The van der Waals surface area contributed by atoms with E-state index in [9.17, 15) is 0 Å². The maximum atomic E-state index is 5.71. The topological polar surface area (TPSA) is 24.5 Å². The standard InChI is InChI=1S/C12H16N2O/c1-2-4-12-10(3-1)8-15-9-11-7-13-5-6-14(11)12/h1-4,11,13H,5-9H2. The van der Waals surface area contributed by atoms with Gasteiger partial charge in [0.1, 0.15) is 0 Å². The Morgan fingerprint density at radius 3 is 3.27 bits per heavy atom. The predicted octanol–water partition coefficient (Wildman–Crippen LogP) is 0.995. The summed E-state index contributed by atoms with van der Waals surface area (Å²) in [5, 5.41) is 3.42. The van der Waals surface area contributed by atoms with Crippen LogP contribution < -0.4 is 10.2 Å². The molecule has 1 aromatic rings. The second-order valence-corrected chi connectivity index (χ2v) is 4.20. The Balaban J connectivity index is 1.99. The highest BCUT2D eigenvalue weighted by atomic mass is 16.5. The van der Waals surface area contributed by atoms with Gasteiger partial charge in [-0.15, -0.1) is 0 Å². The molecule has 0 bridgehead atoms. The third-order valence-corrected chi connectivity index (χ3v) is 3.22. The van der Waals surface area contributed by atoms with Crippen LogP contribution in [0.3, 0.4) is 0 Å². The highest BCUT2D eigenvalue weighted by Crippen LogP contribution is 2.26. The normalized spacial score (nSPS) is 25.3. The molecule has 1 unspecified atom stereocenters. The molecular formula is C12H16N2O. The molecule has 1 N–H and O–H groups in total. The van der Waals surface area contributed by atoms with Crippen LogP contribution in [0.2, 0.25) is 0 Å². The van der Waals surface area contributed by atoms with Crippen molar-refractivity contribution in [3.05, 3.63) is 29.8 Å². The number of fused-ring (bicyclic) bond motifs is 3. The SMILES string of the molecule is c1ccc2c(c1)COCC1CNCCN21. The summed E-state index contributed by atoms with van der Waals surface area (Å²) in [5.74, 6) is 0. The van der Waals surface area contributed by atoms with Crippen molar-refractivity contribution in [3.63, 3.8) is 0 Å². The zero-order chi connectivity index (χ0) is 10.1. The predicted molar refractivity (Wildman–Crippen MR) is 60.1 cm³/mol. The fraction of sp³-hybridized carbons (Fsp3) is 0.500. The molecule has 80 valence electrons. The van der Waals surface area contributed by atoms with Gasteiger partial charge in [0.25, 0.3) is 0 Å². The molecule has 2 aliphatic rings. The van der Waals surface area contributed by atoms with E-state index in [-0.39, 0.29) is 0 Å². The van der Waals surface area contributed by atoms with E-state index in [1.165, 1.54) is 11.3 Å². The van der Waals surface area contributed by atoms with Crippen LogP contribution in [0.1, 0.15) is 5.56 Å². The summed E-state index contributed by atoms with van der Waals surface area (Å²) >= 11 is 0. The van der Waals surface area contributed by atoms with Gasteiger partial charge >= 0.3 is 0 Å². The maximum Gasteiger partial charge on any atom is 0.0738 e. The van der Waals surface area contributed by atoms with E-state index in [0.29, 0.717) is 6.04 Å². The number of ether oxygens (including phenoxy) is 1. The first kappa shape index (κ1) is 9.19. The van der Waals surface area contributed by atoms with Crippen LogP contribution in [0.5, 0.6) is 0 Å². The summed E-state index contributed by atoms with van der Waals surface area (Å²) in [5.41, 5.74) is 2.68. The molecule has 1 saturated heterocycles. The number of piperazine rings is 1. The Morgan fingerprint density at radius 2 is 2.27 bits per heavy atom. The van der Waals surface area contributed by atoms with Gasteiger partial charge in [-0.1, -0.05) is 18.2 Å². The van der Waals surface area contributed by atoms with E-state index in [1.54, 1.807) is 0 Å². The molecule has 3 heteroatoms. The number of para-hydroxylation sites is 1. The number of hydrogen-bond acceptors (Lipinski definition) is 3. The lowest BCUT2D eigenvalue weighted by Gasteiger charge is -2.36. The van der Waals surface area contributed by atoms with Crippen LogP contribution in [0, 0.1) is 0 Å². The molecule has 0 aromatic heterocycles. The van der Waals surface area contributed by atoms with Gasteiger partial charge in [0.15, 0.2) is 0 Å². The number of benzene rings is 1. The van der Waals surface area contributed by atoms with Crippen molar-refractivity contribution in [1.82, 2.24) is 5.32 Å². The Hall–Kier alpha value is -1.06. The van der Waals surface area contributed by atoms with Gasteiger partial charge in [0, 0.05) is 30.9 Å². The second-order valence-electron chi connectivity index (χ2n) is 4.20. The largest absolute Gasteiger partial charge is 0.375 e. The Kier molecular flexibility index (Phi) is 2.35. The molecule has 15 heavy (non-hydrogen) atoms. The summed E-state index contributed by atoms with van der Waals surface area (Å²) < 4.78 is 5.71. The van der Waals surface area contributed by atoms with E-state index < -0.39 is 0 Å². The molecule has 3 nitrogen and oxygen atoms in total. The summed E-state index contributed by atoms with van der Waals surface area (Å²) in [7, 11) is 0. The molecule has 3 rings (SSSR count). The Labute approximate surface area is 90.0 Å². The van der Waals surface area contributed by atoms with Gasteiger partial charge in [0.05, 0.1) is 19.3 Å². The summed E-state index contributed by atoms with van der Waals surface area (Å²) in [4.78, 5) is 2.48. The third kappa shape index (κ3) is 1.62. The van der Waals surface area contributed by atoms with Gasteiger partial charge in [0.2, 0.25) is 0 Å². The average Bonchev–Trinajstić information content (AvgIpc) is 2.48. The van der Waals surface area contributed by atoms with Gasteiger partial charge in [-0.25, -0.2) is 0 Å². The fourth-order valence-electron chi connectivity index (χ4n) is 2.44. The molecule has 2 heterocycles. The second kappa shape index (κ2) is 3.83. The highest BCUT2D eigenvalue weighted by Gasteiger charge is 2.26. The minimum absolute atomic E-state index is 0.502. The first-order valence-corrected chi connectivity index (χ1v) is 5.58. The molecule has 0 radical (unpaired) electrons. The van der Waals surface area contributed by atoms with Crippen molar-refractivity contribution in [1.29, 1.82) is 0 Å². The lowest BCUT2D eigenvalue weighted by atomic mass is 10.1. The van der Waals surface area contributed by atoms with Crippen molar-refractivity contribution in [2.45, 2.75) is 12.6 Å². The van der Waals surface area contributed by atoms with Gasteiger partial charge < -0.3 is 15.0 Å². The van der Waals surface area contributed by atoms with Crippen LogP contribution in [0.4, 0.5) is 5.69 Å². The van der Waals surface area contributed by atoms with E-state index in [2.05, 4.69) is 34.5 Å². The first-order chi connectivity index (χ1) is 7.45. The van der Waals surface area contributed by atoms with Crippen LogP contribution in [-0.2, 0) is 11.3 Å². The van der Waals surface area contributed by atoms with E-state index in [4.69, 9.17) is 4.74 Å². The molecule has 0 aliphatic carbocycles. The number of rotatable bonds is 0. The van der Waals surface area contributed by atoms with Crippen LogP contribution >= 0.6 is 0 Å². The number of anilines is 1. The summed E-state index contributed by atoms with van der Waals surface area (Å²) in [6.45, 7) is 4.79. The molecule has 1 aromatic carbocycles. The summed E-state index contributed by atoms with van der Waals surface area (Å²) in [6.07, 6.45) is 0. The van der Waals surface area contributed by atoms with Crippen molar-refractivity contribution < 1.29 is 4.74 Å². The third-order valence-electron chi connectivity index (χ3n) is 3.22. The molecular weight excluding hydrogens is 188 g/mol. The Morgan fingerprint density at radius 1 is 1.33 bits per heavy atom. The van der Waals surface area contributed by atoms with E-state index >= 15 is 0 Å². The molecule has 1 atom stereocenters. The molecule has 0 amide bonds. The maximum absolute atomic E-state index is 5.71. The quantitative estimate of drug-likeness (QED) is 0.682. The van der Waals surface area contributed by atoms with Crippen LogP contribution in [-0.4, -0.2) is 32.3 Å². The first-order valence-electron chi connectivity index (χ1n) is 5.58. The van der Waals surface area contributed by atoms with Gasteiger partial charge in [-0.05, 0) is 6.07 Å². The van der Waals surface area contributed by atoms with Crippen LogP contribution in [0.25, 0.3) is 0 Å². The lowest BCUT2D eigenvalue weighted by Crippen LogP contribution is -2.53. The van der Waals surface area contributed by atoms with Crippen LogP contribution in [0.15, 0.2) is 24.3 Å². The number of nitrogens with zero attached hydrogens (tertiary/aromatic N) is 1. The van der Waals surface area contributed by atoms with Gasteiger partial charge in [-0.2, -0.15) is 0 Å². The van der Waals surface area contributed by atoms with Crippen molar-refractivity contribution in [3.8, 4) is 0 Å². The zero-order valence-corrected chi connectivity index (χ0v) is 8.78. The van der Waals surface area contributed by atoms with Crippen molar-refractivity contribution >= 4 is 5.69 Å².